The molecule has 3 fully saturated rings. The number of para-hydroxylation sites is 1. The smallest absolute Gasteiger partial charge is 0.408 e. The highest BCUT2D eigenvalue weighted by molar-refractivity contribution is 7.90. The number of ketones is 2. The minimum absolute atomic E-state index is 0.0131. The highest BCUT2D eigenvalue weighted by Gasteiger charge is 2.57. The van der Waals surface area contributed by atoms with E-state index in [-0.39, 0.29) is 49.5 Å². The van der Waals surface area contributed by atoms with Crippen molar-refractivity contribution in [3.8, 4) is 0 Å². The summed E-state index contributed by atoms with van der Waals surface area (Å²) in [5.74, 6) is -6.21. The number of sulfone groups is 1. The zero-order chi connectivity index (χ0) is 53.6. The van der Waals surface area contributed by atoms with Crippen LogP contribution < -0.4 is 10.6 Å². The second kappa shape index (κ2) is 24.0. The van der Waals surface area contributed by atoms with Gasteiger partial charge in [0, 0.05) is 54.6 Å². The molecule has 0 aliphatic carbocycles. The number of aromatic nitrogens is 1. The van der Waals surface area contributed by atoms with Crippen LogP contribution in [0, 0.1) is 23.7 Å². The van der Waals surface area contributed by atoms with Crippen molar-refractivity contribution >= 4 is 56.4 Å². The number of hydrogen-bond acceptors (Lipinski definition) is 15. The van der Waals surface area contributed by atoms with Gasteiger partial charge in [-0.1, -0.05) is 70.2 Å². The second-order valence-electron chi connectivity index (χ2n) is 20.7. The molecule has 19 heteroatoms. The Labute approximate surface area is 428 Å². The Morgan fingerprint density at radius 1 is 1.04 bits per heavy atom. The SMILES string of the molecule is CC[C@H]1OC(=O)[C@H](C)C(=O)[C@H](C)[C@@H](O[C@@H]2O[C@H](C)C[C@H](N(C)CCC(=O)N[C@H](CF)Cc3ccc(S(C)(=O)=O)cc3)[C@H]2O)C(C)(OC/C=C/c2cnc3ccccc3c2)C[C@@H](C)C(=O)[C@H](C)C2NC(=O)OC21C. The Morgan fingerprint density at radius 2 is 1.74 bits per heavy atom. The molecule has 3 N–H and O–H groups in total. The van der Waals surface area contributed by atoms with Gasteiger partial charge in [0.1, 0.15) is 30.6 Å². The van der Waals surface area contributed by atoms with E-state index in [0.717, 1.165) is 22.7 Å². The third-order valence-corrected chi connectivity index (χ3v) is 16.0. The fourth-order valence-electron chi connectivity index (χ4n) is 10.7. The first-order valence-electron chi connectivity index (χ1n) is 25.1. The number of aliphatic hydroxyl groups excluding tert-OH is 1. The van der Waals surface area contributed by atoms with Gasteiger partial charge in [-0.3, -0.25) is 24.2 Å². The van der Waals surface area contributed by atoms with E-state index in [1.54, 1.807) is 84.8 Å². The molecule has 0 radical (unpaired) electrons. The van der Waals surface area contributed by atoms with E-state index in [1.165, 1.54) is 19.1 Å². The van der Waals surface area contributed by atoms with Crippen LogP contribution in [0.1, 0.15) is 92.2 Å². The number of fused-ring (bicyclic) bond motifs is 2. The number of cyclic esters (lactones) is 1. The van der Waals surface area contributed by atoms with Crippen molar-refractivity contribution < 1.29 is 65.6 Å². The number of halogens is 1. The lowest BCUT2D eigenvalue weighted by Gasteiger charge is -2.47. The number of alkyl carbamates (subject to hydrolysis) is 1. The molecule has 400 valence electrons. The molecule has 3 unspecified atom stereocenters. The number of pyridine rings is 1. The molecule has 0 bridgehead atoms. The topological polar surface area (TPSA) is 226 Å². The molecular formula is C54H73FN4O13S. The molecule has 0 saturated carbocycles. The van der Waals surface area contributed by atoms with Crippen LogP contribution in [0.2, 0.25) is 0 Å². The summed E-state index contributed by atoms with van der Waals surface area (Å²) >= 11 is 0. The monoisotopic (exact) mass is 1040 g/mol. The number of carbonyl (C=O) groups excluding carboxylic acids is 5. The van der Waals surface area contributed by atoms with E-state index in [2.05, 4.69) is 15.6 Å². The van der Waals surface area contributed by atoms with Crippen molar-refractivity contribution in [3.63, 3.8) is 0 Å². The van der Waals surface area contributed by atoms with E-state index < -0.39 is 124 Å². The lowest BCUT2D eigenvalue weighted by atomic mass is 9.73. The Morgan fingerprint density at radius 3 is 2.41 bits per heavy atom. The number of hydrogen-bond donors (Lipinski definition) is 3. The van der Waals surface area contributed by atoms with Crippen molar-refractivity contribution in [2.45, 2.75) is 152 Å². The van der Waals surface area contributed by atoms with Gasteiger partial charge < -0.3 is 44.3 Å². The maximum absolute atomic E-state index is 14.7. The zero-order valence-electron chi connectivity index (χ0n) is 43.5. The number of Topliss-reactive ketones (excluding diaryl/α,β-unsaturated/α-hetero) is 2. The summed E-state index contributed by atoms with van der Waals surface area (Å²) in [7, 11) is -1.68. The van der Waals surface area contributed by atoms with E-state index in [0.29, 0.717) is 12.0 Å². The van der Waals surface area contributed by atoms with Gasteiger partial charge in [-0.15, -0.1) is 0 Å². The summed E-state index contributed by atoms with van der Waals surface area (Å²) in [4.78, 5) is 76.0. The number of benzene rings is 2. The van der Waals surface area contributed by atoms with Crippen molar-refractivity contribution in [3.05, 3.63) is 78.0 Å². The Hall–Kier alpha value is -5.18. The van der Waals surface area contributed by atoms with Gasteiger partial charge in [0.25, 0.3) is 0 Å². The maximum atomic E-state index is 14.7. The number of amides is 2. The van der Waals surface area contributed by atoms with Gasteiger partial charge in [0.2, 0.25) is 5.91 Å². The minimum Gasteiger partial charge on any atom is -0.458 e. The average Bonchev–Trinajstić information content (AvgIpc) is 3.67. The Bertz CT molecular complexity index is 2600. The predicted octanol–water partition coefficient (Wildman–Crippen LogP) is 5.97. The van der Waals surface area contributed by atoms with Gasteiger partial charge in [-0.05, 0) is 95.8 Å². The first-order valence-corrected chi connectivity index (χ1v) is 27.0. The number of alkyl halides is 1. The van der Waals surface area contributed by atoms with Crippen LogP contribution in [0.15, 0.2) is 71.8 Å². The summed E-state index contributed by atoms with van der Waals surface area (Å²) in [6, 6.07) is 13.3. The quantitative estimate of drug-likeness (QED) is 0.111. The third kappa shape index (κ3) is 13.6. The Kier molecular flexibility index (Phi) is 18.8. The molecule has 17 nitrogen and oxygen atoms in total. The molecule has 2 aromatic carbocycles. The van der Waals surface area contributed by atoms with Gasteiger partial charge in [-0.25, -0.2) is 17.6 Å². The number of aliphatic hydroxyl groups is 1. The number of esters is 1. The molecule has 3 aliphatic heterocycles. The molecule has 3 saturated heterocycles. The van der Waals surface area contributed by atoms with Crippen LogP contribution in [0.3, 0.4) is 0 Å². The number of nitrogens with one attached hydrogen (secondary N) is 2. The zero-order valence-corrected chi connectivity index (χ0v) is 44.4. The molecule has 1 aromatic heterocycles. The summed E-state index contributed by atoms with van der Waals surface area (Å²) in [6.07, 6.45) is 0.776. The minimum atomic E-state index is -3.41. The highest BCUT2D eigenvalue weighted by Crippen LogP contribution is 2.41. The standard InChI is InChI=1S/C54H73FN4O13S/c1-11-43-54(8)48(58-52(65)72-54)33(4)45(61)31(2)28-53(7,68-24-14-15-37-26-38-16-12-13-17-41(38)56-30-37)49(34(5)46(62)35(6)50(64)70-43)71-51-47(63)42(25-32(3)69-51)59(9)23-22-44(60)57-39(29-55)27-36-18-20-40(21-19-36)73(10,66)67/h12-21,26,30-35,39,42-43,47-49,51,63H,11,22-25,27-29H2,1-10H3,(H,57,60)(H,58,65)/b15-14+/t31-,32-,33+,34+,35-,39+,42+,43-,47-,48?,49-,51+,53?,54?/m1/s1. The van der Waals surface area contributed by atoms with Crippen molar-refractivity contribution in [1.82, 2.24) is 20.5 Å². The van der Waals surface area contributed by atoms with E-state index >= 15 is 0 Å². The molecule has 6 rings (SSSR count). The Balaban J connectivity index is 1.27. The molecule has 3 aromatic rings. The number of ether oxygens (including phenoxy) is 5. The predicted molar refractivity (Wildman–Crippen MR) is 270 cm³/mol. The highest BCUT2D eigenvalue weighted by atomic mass is 32.2. The van der Waals surface area contributed by atoms with Gasteiger partial charge in [-0.2, -0.15) is 0 Å². The molecule has 4 heterocycles. The first-order chi connectivity index (χ1) is 34.4. The number of rotatable bonds is 16. The fraction of sp³-hybridized carbons (Fsp3) is 0.593. The lowest BCUT2D eigenvalue weighted by Crippen LogP contribution is -2.60. The average molecular weight is 1040 g/mol. The van der Waals surface area contributed by atoms with Gasteiger partial charge in [0.15, 0.2) is 27.5 Å². The van der Waals surface area contributed by atoms with Gasteiger partial charge >= 0.3 is 12.1 Å². The van der Waals surface area contributed by atoms with Crippen LogP contribution >= 0.6 is 0 Å². The largest absolute Gasteiger partial charge is 0.458 e. The molecule has 2 amide bonds. The normalized spacial score (nSPS) is 32.2. The molecule has 14 atom stereocenters. The summed E-state index contributed by atoms with van der Waals surface area (Å²) in [6.45, 7) is 12.6. The van der Waals surface area contributed by atoms with Crippen molar-refractivity contribution in [2.75, 3.05) is 33.1 Å². The van der Waals surface area contributed by atoms with Gasteiger partial charge in [0.05, 0.1) is 46.9 Å². The molecule has 73 heavy (non-hydrogen) atoms. The van der Waals surface area contributed by atoms with E-state index in [4.69, 9.17) is 23.7 Å². The second-order valence-corrected chi connectivity index (χ2v) is 22.7. The molecule has 3 aliphatic rings. The van der Waals surface area contributed by atoms with Crippen LogP contribution in [0.5, 0.6) is 0 Å². The number of likely N-dealkylation sites (N-methyl/N-ethyl adjacent to an activating group) is 1. The van der Waals surface area contributed by atoms with Crippen molar-refractivity contribution in [2.24, 2.45) is 23.7 Å². The number of carbonyl (C=O) groups is 5. The summed E-state index contributed by atoms with van der Waals surface area (Å²) in [5, 5.41) is 18.6. The number of nitrogens with zero attached hydrogens (tertiary/aromatic N) is 2. The first kappa shape index (κ1) is 57.1. The summed E-state index contributed by atoms with van der Waals surface area (Å²) in [5.41, 5.74) is -0.667. The molecular weight excluding hydrogens is 964 g/mol. The van der Waals surface area contributed by atoms with Crippen LogP contribution in [-0.2, 0) is 59.1 Å². The maximum Gasteiger partial charge on any atom is 0.408 e. The van der Waals surface area contributed by atoms with Crippen molar-refractivity contribution in [1.29, 1.82) is 0 Å². The molecule has 0 spiro atoms. The van der Waals surface area contributed by atoms with Crippen LogP contribution in [0.25, 0.3) is 17.0 Å². The fourth-order valence-corrected chi connectivity index (χ4v) is 11.3. The van der Waals surface area contributed by atoms with Crippen LogP contribution in [-0.4, -0.2) is 146 Å². The summed E-state index contributed by atoms with van der Waals surface area (Å²) < 4.78 is 69.7. The lowest BCUT2D eigenvalue weighted by molar-refractivity contribution is -0.297. The third-order valence-electron chi connectivity index (χ3n) is 14.9. The van der Waals surface area contributed by atoms with E-state index in [1.807, 2.05) is 36.4 Å². The van der Waals surface area contributed by atoms with Crippen LogP contribution in [0.4, 0.5) is 9.18 Å². The van der Waals surface area contributed by atoms with E-state index in [9.17, 15) is 41.9 Å².